The Morgan fingerprint density at radius 2 is 1.81 bits per heavy atom. The van der Waals surface area contributed by atoms with E-state index >= 15 is 0 Å². The lowest BCUT2D eigenvalue weighted by Gasteiger charge is -2.23. The third kappa shape index (κ3) is 3.62. The molecule has 0 saturated heterocycles. The van der Waals surface area contributed by atoms with Crippen LogP contribution in [0.5, 0.6) is 0 Å². The van der Waals surface area contributed by atoms with Crippen molar-refractivity contribution < 1.29 is 13.6 Å². The first-order valence-corrected chi connectivity index (χ1v) is 6.54. The highest BCUT2D eigenvalue weighted by molar-refractivity contribution is 5.83. The normalized spacial score (nSPS) is 12.8. The lowest BCUT2D eigenvalue weighted by molar-refractivity contribution is -0.143. The zero-order valence-corrected chi connectivity index (χ0v) is 11.8. The van der Waals surface area contributed by atoms with Crippen LogP contribution in [0.2, 0.25) is 0 Å². The number of hydrogen-bond donors (Lipinski definition) is 1. The van der Waals surface area contributed by atoms with Gasteiger partial charge in [0.2, 0.25) is 0 Å². The van der Waals surface area contributed by atoms with Crippen molar-refractivity contribution in [2.45, 2.75) is 25.8 Å². The molecule has 0 aliphatic heterocycles. The number of aromatic nitrogens is 1. The second-order valence-electron chi connectivity index (χ2n) is 4.93. The molecule has 1 heterocycles. The standard InChI is InChI=1S/C16H16F2N2O/c1-11-5-3-4-6-13(11)14(12-7-9-19-10-8-12)20-15(21)16(2,17)18/h3-10,14H,1-2H3,(H,20,21)/t14-/m1/s1. The molecule has 0 bridgehead atoms. The van der Waals surface area contributed by atoms with E-state index in [0.717, 1.165) is 11.1 Å². The van der Waals surface area contributed by atoms with Crippen molar-refractivity contribution in [1.29, 1.82) is 0 Å². The summed E-state index contributed by atoms with van der Waals surface area (Å²) in [6.07, 6.45) is 3.13. The predicted molar refractivity (Wildman–Crippen MR) is 76.0 cm³/mol. The molecule has 0 aliphatic carbocycles. The first kappa shape index (κ1) is 15.1. The van der Waals surface area contributed by atoms with Crippen molar-refractivity contribution in [2.24, 2.45) is 0 Å². The Balaban J connectivity index is 2.41. The maximum absolute atomic E-state index is 13.2. The van der Waals surface area contributed by atoms with Crippen LogP contribution < -0.4 is 5.32 Å². The van der Waals surface area contributed by atoms with Crippen molar-refractivity contribution in [3.8, 4) is 0 Å². The van der Waals surface area contributed by atoms with Gasteiger partial charge in [-0.15, -0.1) is 0 Å². The molecule has 0 saturated carbocycles. The molecule has 0 aliphatic rings. The lowest BCUT2D eigenvalue weighted by Crippen LogP contribution is -2.40. The van der Waals surface area contributed by atoms with Crippen LogP contribution in [0.25, 0.3) is 0 Å². The van der Waals surface area contributed by atoms with E-state index in [-0.39, 0.29) is 0 Å². The van der Waals surface area contributed by atoms with Gasteiger partial charge in [0.15, 0.2) is 0 Å². The van der Waals surface area contributed by atoms with E-state index in [2.05, 4.69) is 10.3 Å². The van der Waals surface area contributed by atoms with Crippen LogP contribution in [0, 0.1) is 6.92 Å². The van der Waals surface area contributed by atoms with E-state index in [4.69, 9.17) is 0 Å². The van der Waals surface area contributed by atoms with Gasteiger partial charge in [0.25, 0.3) is 5.91 Å². The molecule has 21 heavy (non-hydrogen) atoms. The van der Waals surface area contributed by atoms with E-state index in [1.807, 2.05) is 31.2 Å². The number of nitrogens with zero attached hydrogens (tertiary/aromatic N) is 1. The molecule has 2 rings (SSSR count). The SMILES string of the molecule is Cc1ccccc1[C@H](NC(=O)C(C)(F)F)c1ccncc1. The maximum Gasteiger partial charge on any atom is 0.321 e. The van der Waals surface area contributed by atoms with E-state index in [9.17, 15) is 13.6 Å². The molecule has 0 unspecified atom stereocenters. The van der Waals surface area contributed by atoms with E-state index < -0.39 is 17.9 Å². The summed E-state index contributed by atoms with van der Waals surface area (Å²) in [6, 6.07) is 10.1. The Hall–Kier alpha value is -2.30. The Labute approximate surface area is 122 Å². The summed E-state index contributed by atoms with van der Waals surface area (Å²) >= 11 is 0. The fraction of sp³-hybridized carbons (Fsp3) is 0.250. The first-order valence-electron chi connectivity index (χ1n) is 6.54. The summed E-state index contributed by atoms with van der Waals surface area (Å²) in [6.45, 7) is 2.46. The van der Waals surface area contributed by atoms with E-state index in [0.29, 0.717) is 12.5 Å². The third-order valence-corrected chi connectivity index (χ3v) is 3.21. The van der Waals surface area contributed by atoms with Crippen molar-refractivity contribution in [3.05, 3.63) is 65.5 Å². The number of hydrogen-bond acceptors (Lipinski definition) is 2. The highest BCUT2D eigenvalue weighted by atomic mass is 19.3. The molecule has 1 atom stereocenters. The minimum atomic E-state index is -3.42. The van der Waals surface area contributed by atoms with Gasteiger partial charge in [-0.1, -0.05) is 24.3 Å². The number of pyridine rings is 1. The summed E-state index contributed by atoms with van der Waals surface area (Å²) in [5.74, 6) is -4.72. The fourth-order valence-electron chi connectivity index (χ4n) is 2.07. The Bertz CT molecular complexity index is 624. The average molecular weight is 290 g/mol. The van der Waals surface area contributed by atoms with Gasteiger partial charge in [-0.3, -0.25) is 9.78 Å². The molecule has 1 aromatic carbocycles. The van der Waals surface area contributed by atoms with Gasteiger partial charge in [0, 0.05) is 19.3 Å². The summed E-state index contributed by atoms with van der Waals surface area (Å²) in [5.41, 5.74) is 2.40. The number of halogens is 2. The molecular formula is C16H16F2N2O. The minimum absolute atomic E-state index is 0.587. The molecule has 5 heteroatoms. The first-order chi connectivity index (χ1) is 9.89. The number of amides is 1. The number of aryl methyl sites for hydroxylation is 1. The monoisotopic (exact) mass is 290 g/mol. The molecule has 1 amide bonds. The number of nitrogens with one attached hydrogen (secondary N) is 1. The molecule has 1 aromatic heterocycles. The van der Waals surface area contributed by atoms with Gasteiger partial charge in [-0.05, 0) is 35.7 Å². The molecule has 0 radical (unpaired) electrons. The molecule has 3 nitrogen and oxygen atoms in total. The topological polar surface area (TPSA) is 42.0 Å². The molecule has 110 valence electrons. The number of carbonyl (C=O) groups excluding carboxylic acids is 1. The van der Waals surface area contributed by atoms with Crippen molar-refractivity contribution in [2.75, 3.05) is 0 Å². The summed E-state index contributed by atoms with van der Waals surface area (Å²) in [5, 5.41) is 2.41. The number of benzene rings is 1. The lowest BCUT2D eigenvalue weighted by atomic mass is 9.95. The summed E-state index contributed by atoms with van der Waals surface area (Å²) in [7, 11) is 0. The summed E-state index contributed by atoms with van der Waals surface area (Å²) in [4.78, 5) is 15.6. The molecular weight excluding hydrogens is 274 g/mol. The molecule has 2 aromatic rings. The highest BCUT2D eigenvalue weighted by Crippen LogP contribution is 2.26. The van der Waals surface area contributed by atoms with Gasteiger partial charge < -0.3 is 5.32 Å². The number of carbonyl (C=O) groups is 1. The Morgan fingerprint density at radius 1 is 1.19 bits per heavy atom. The number of alkyl halides is 2. The minimum Gasteiger partial charge on any atom is -0.340 e. The van der Waals surface area contributed by atoms with E-state index in [1.54, 1.807) is 24.5 Å². The highest BCUT2D eigenvalue weighted by Gasteiger charge is 2.34. The predicted octanol–water partition coefficient (Wildman–Crippen LogP) is 3.25. The third-order valence-electron chi connectivity index (χ3n) is 3.21. The van der Waals surface area contributed by atoms with Crippen LogP contribution in [-0.4, -0.2) is 16.8 Å². The van der Waals surface area contributed by atoms with Crippen LogP contribution in [0.1, 0.15) is 29.7 Å². The smallest absolute Gasteiger partial charge is 0.321 e. The van der Waals surface area contributed by atoms with Crippen LogP contribution in [-0.2, 0) is 4.79 Å². The Morgan fingerprint density at radius 3 is 2.38 bits per heavy atom. The second-order valence-corrected chi connectivity index (χ2v) is 4.93. The van der Waals surface area contributed by atoms with E-state index in [1.165, 1.54) is 0 Å². The Kier molecular flexibility index (Phi) is 4.31. The van der Waals surface area contributed by atoms with Crippen molar-refractivity contribution in [1.82, 2.24) is 10.3 Å². The van der Waals surface area contributed by atoms with Crippen LogP contribution in [0.3, 0.4) is 0 Å². The quantitative estimate of drug-likeness (QED) is 0.939. The van der Waals surface area contributed by atoms with Gasteiger partial charge in [-0.2, -0.15) is 8.78 Å². The second kappa shape index (κ2) is 5.99. The largest absolute Gasteiger partial charge is 0.340 e. The fourth-order valence-corrected chi connectivity index (χ4v) is 2.07. The van der Waals surface area contributed by atoms with Gasteiger partial charge in [0.05, 0.1) is 6.04 Å². The molecule has 1 N–H and O–H groups in total. The average Bonchev–Trinajstić information content (AvgIpc) is 2.45. The van der Waals surface area contributed by atoms with Crippen molar-refractivity contribution >= 4 is 5.91 Å². The van der Waals surface area contributed by atoms with Crippen LogP contribution in [0.15, 0.2) is 48.8 Å². The zero-order valence-electron chi connectivity index (χ0n) is 11.8. The van der Waals surface area contributed by atoms with Crippen LogP contribution in [0.4, 0.5) is 8.78 Å². The van der Waals surface area contributed by atoms with Crippen LogP contribution >= 0.6 is 0 Å². The summed E-state index contributed by atoms with van der Waals surface area (Å²) < 4.78 is 26.4. The zero-order chi connectivity index (χ0) is 15.5. The van der Waals surface area contributed by atoms with Gasteiger partial charge >= 0.3 is 5.92 Å². The number of rotatable bonds is 4. The molecule has 0 spiro atoms. The molecule has 0 fully saturated rings. The van der Waals surface area contributed by atoms with Gasteiger partial charge in [0.1, 0.15) is 0 Å². The maximum atomic E-state index is 13.2. The van der Waals surface area contributed by atoms with Crippen molar-refractivity contribution in [3.63, 3.8) is 0 Å². The van der Waals surface area contributed by atoms with Gasteiger partial charge in [-0.25, -0.2) is 0 Å².